The van der Waals surface area contributed by atoms with Crippen molar-refractivity contribution in [2.75, 3.05) is 26.2 Å². The van der Waals surface area contributed by atoms with Gasteiger partial charge < -0.3 is 10.2 Å². The molecule has 0 unspecified atom stereocenters. The second-order valence-electron chi connectivity index (χ2n) is 3.71. The topological polar surface area (TPSA) is 32.3 Å². The number of nitrogens with zero attached hydrogens (tertiary/aromatic N) is 1. The molecule has 1 saturated heterocycles. The summed E-state index contributed by atoms with van der Waals surface area (Å²) < 4.78 is 0. The Balaban J connectivity index is 0.00000128. The first-order valence-corrected chi connectivity index (χ1v) is 6.25. The fourth-order valence-electron chi connectivity index (χ4n) is 1.76. The second kappa shape index (κ2) is 6.89. The third-order valence-corrected chi connectivity index (χ3v) is 3.57. The number of aryl methyl sites for hydroxylation is 1. The first kappa shape index (κ1) is 13.5. The number of hydrogen-bond donors (Lipinski definition) is 1. The molecular formula is C11H17ClN2OS. The van der Waals surface area contributed by atoms with Crippen molar-refractivity contribution in [2.24, 2.45) is 0 Å². The van der Waals surface area contributed by atoms with Crippen LogP contribution in [-0.4, -0.2) is 37.0 Å². The van der Waals surface area contributed by atoms with E-state index in [9.17, 15) is 4.79 Å². The van der Waals surface area contributed by atoms with Gasteiger partial charge in [-0.15, -0.1) is 23.7 Å². The highest BCUT2D eigenvalue weighted by molar-refractivity contribution is 7.09. The van der Waals surface area contributed by atoms with Gasteiger partial charge in [-0.2, -0.15) is 0 Å². The van der Waals surface area contributed by atoms with E-state index < -0.39 is 0 Å². The smallest absolute Gasteiger partial charge is 0.223 e. The largest absolute Gasteiger partial charge is 0.340 e. The number of piperazine rings is 1. The summed E-state index contributed by atoms with van der Waals surface area (Å²) in [5.74, 6) is 0.296. The predicted octanol–water partition coefficient (Wildman–Crippen LogP) is 1.53. The minimum absolute atomic E-state index is 0. The molecule has 5 heteroatoms. The fourth-order valence-corrected chi connectivity index (χ4v) is 2.47. The Morgan fingerprint density at radius 2 is 2.19 bits per heavy atom. The van der Waals surface area contributed by atoms with Gasteiger partial charge in [0.15, 0.2) is 0 Å². The lowest BCUT2D eigenvalue weighted by atomic mass is 10.2. The Kier molecular flexibility index (Phi) is 5.80. The quantitative estimate of drug-likeness (QED) is 0.894. The van der Waals surface area contributed by atoms with Gasteiger partial charge in [0.25, 0.3) is 0 Å². The van der Waals surface area contributed by atoms with E-state index in [0.717, 1.165) is 32.6 Å². The van der Waals surface area contributed by atoms with E-state index in [4.69, 9.17) is 0 Å². The maximum absolute atomic E-state index is 11.8. The lowest BCUT2D eigenvalue weighted by molar-refractivity contribution is -0.131. The zero-order valence-corrected chi connectivity index (χ0v) is 10.8. The van der Waals surface area contributed by atoms with Gasteiger partial charge in [-0.05, 0) is 17.9 Å². The Bertz CT molecular complexity index is 310. The van der Waals surface area contributed by atoms with Crippen LogP contribution in [0.2, 0.25) is 0 Å². The number of amides is 1. The fraction of sp³-hybridized carbons (Fsp3) is 0.545. The van der Waals surface area contributed by atoms with Crippen molar-refractivity contribution >= 4 is 29.7 Å². The molecule has 2 rings (SSSR count). The zero-order valence-electron chi connectivity index (χ0n) is 9.15. The average molecular weight is 261 g/mol. The number of nitrogens with one attached hydrogen (secondary N) is 1. The van der Waals surface area contributed by atoms with E-state index in [1.54, 1.807) is 11.3 Å². The summed E-state index contributed by atoms with van der Waals surface area (Å²) in [4.78, 5) is 15.1. The highest BCUT2D eigenvalue weighted by Crippen LogP contribution is 2.11. The molecule has 0 spiro atoms. The van der Waals surface area contributed by atoms with Crippen molar-refractivity contribution in [1.29, 1.82) is 0 Å². The van der Waals surface area contributed by atoms with Crippen LogP contribution in [0.15, 0.2) is 17.5 Å². The molecule has 1 aliphatic rings. The molecule has 1 aromatic rings. The lowest BCUT2D eigenvalue weighted by Gasteiger charge is -2.27. The molecule has 90 valence electrons. The number of carbonyl (C=O) groups is 1. The van der Waals surface area contributed by atoms with Gasteiger partial charge in [0.2, 0.25) is 5.91 Å². The van der Waals surface area contributed by atoms with E-state index in [1.165, 1.54) is 4.88 Å². The monoisotopic (exact) mass is 260 g/mol. The number of thiophene rings is 1. The van der Waals surface area contributed by atoms with Crippen LogP contribution < -0.4 is 5.32 Å². The summed E-state index contributed by atoms with van der Waals surface area (Å²) in [5, 5.41) is 5.31. The predicted molar refractivity (Wildman–Crippen MR) is 69.3 cm³/mol. The molecule has 1 N–H and O–H groups in total. The van der Waals surface area contributed by atoms with E-state index in [2.05, 4.69) is 16.8 Å². The van der Waals surface area contributed by atoms with Gasteiger partial charge in [0, 0.05) is 37.5 Å². The van der Waals surface area contributed by atoms with Gasteiger partial charge in [-0.25, -0.2) is 0 Å². The normalized spacial score (nSPS) is 15.6. The Labute approximate surface area is 106 Å². The number of carbonyl (C=O) groups excluding carboxylic acids is 1. The van der Waals surface area contributed by atoms with Gasteiger partial charge in [-0.1, -0.05) is 6.07 Å². The number of halogens is 1. The summed E-state index contributed by atoms with van der Waals surface area (Å²) in [6.45, 7) is 3.60. The van der Waals surface area contributed by atoms with Gasteiger partial charge in [0.1, 0.15) is 0 Å². The van der Waals surface area contributed by atoms with E-state index in [-0.39, 0.29) is 12.4 Å². The van der Waals surface area contributed by atoms with Crippen LogP contribution in [0.4, 0.5) is 0 Å². The summed E-state index contributed by atoms with van der Waals surface area (Å²) in [7, 11) is 0. The summed E-state index contributed by atoms with van der Waals surface area (Å²) >= 11 is 1.73. The van der Waals surface area contributed by atoms with Gasteiger partial charge >= 0.3 is 0 Å². The van der Waals surface area contributed by atoms with Crippen LogP contribution in [-0.2, 0) is 11.2 Å². The summed E-state index contributed by atoms with van der Waals surface area (Å²) in [5.41, 5.74) is 0. The molecular weight excluding hydrogens is 244 g/mol. The van der Waals surface area contributed by atoms with Crippen LogP contribution in [0, 0.1) is 0 Å². The van der Waals surface area contributed by atoms with Crippen LogP contribution in [0.25, 0.3) is 0 Å². The molecule has 1 aromatic heterocycles. The Morgan fingerprint density at radius 3 is 2.81 bits per heavy atom. The highest BCUT2D eigenvalue weighted by Gasteiger charge is 2.15. The molecule has 0 aliphatic carbocycles. The number of hydrogen-bond acceptors (Lipinski definition) is 3. The van der Waals surface area contributed by atoms with Gasteiger partial charge in [-0.3, -0.25) is 4.79 Å². The molecule has 0 bridgehead atoms. The lowest BCUT2D eigenvalue weighted by Crippen LogP contribution is -2.46. The molecule has 0 radical (unpaired) electrons. The first-order chi connectivity index (χ1) is 7.36. The van der Waals surface area contributed by atoms with Crippen molar-refractivity contribution in [3.63, 3.8) is 0 Å². The van der Waals surface area contributed by atoms with E-state index >= 15 is 0 Å². The van der Waals surface area contributed by atoms with Crippen LogP contribution in [0.5, 0.6) is 0 Å². The van der Waals surface area contributed by atoms with Crippen LogP contribution in [0.3, 0.4) is 0 Å². The highest BCUT2D eigenvalue weighted by atomic mass is 35.5. The molecule has 3 nitrogen and oxygen atoms in total. The molecule has 1 amide bonds. The van der Waals surface area contributed by atoms with Crippen molar-refractivity contribution < 1.29 is 4.79 Å². The molecule has 2 heterocycles. The maximum atomic E-state index is 11.8. The van der Waals surface area contributed by atoms with Gasteiger partial charge in [0.05, 0.1) is 0 Å². The third kappa shape index (κ3) is 3.77. The van der Waals surface area contributed by atoms with E-state index in [1.807, 2.05) is 11.0 Å². The molecule has 0 aromatic carbocycles. The standard InChI is InChI=1S/C11H16N2OS.ClH/c14-11(13-7-5-12-6-8-13)4-3-10-2-1-9-15-10;/h1-2,9,12H,3-8H2;1H. The molecule has 16 heavy (non-hydrogen) atoms. The Hall–Kier alpha value is -0.580. The summed E-state index contributed by atoms with van der Waals surface area (Å²) in [6, 6.07) is 4.13. The maximum Gasteiger partial charge on any atom is 0.223 e. The van der Waals surface area contributed by atoms with E-state index in [0.29, 0.717) is 12.3 Å². The third-order valence-electron chi connectivity index (χ3n) is 2.64. The van der Waals surface area contributed by atoms with Crippen LogP contribution >= 0.6 is 23.7 Å². The van der Waals surface area contributed by atoms with Crippen molar-refractivity contribution in [1.82, 2.24) is 10.2 Å². The number of rotatable bonds is 3. The molecule has 0 atom stereocenters. The molecule has 0 saturated carbocycles. The molecule has 1 aliphatic heterocycles. The SMILES string of the molecule is Cl.O=C(CCc1cccs1)N1CCNCC1. The first-order valence-electron chi connectivity index (χ1n) is 5.37. The second-order valence-corrected chi connectivity index (χ2v) is 4.74. The minimum Gasteiger partial charge on any atom is -0.340 e. The van der Waals surface area contributed by atoms with Crippen molar-refractivity contribution in [3.8, 4) is 0 Å². The molecule has 1 fully saturated rings. The zero-order chi connectivity index (χ0) is 10.5. The van der Waals surface area contributed by atoms with Crippen molar-refractivity contribution in [2.45, 2.75) is 12.8 Å². The Morgan fingerprint density at radius 1 is 1.44 bits per heavy atom. The summed E-state index contributed by atoms with van der Waals surface area (Å²) in [6.07, 6.45) is 1.54. The van der Waals surface area contributed by atoms with Crippen LogP contribution in [0.1, 0.15) is 11.3 Å². The van der Waals surface area contributed by atoms with Crippen molar-refractivity contribution in [3.05, 3.63) is 22.4 Å². The minimum atomic E-state index is 0. The average Bonchev–Trinajstić information content (AvgIpc) is 2.80.